The highest BCUT2D eigenvalue weighted by Gasteiger charge is 2.12. The Morgan fingerprint density at radius 2 is 2.29 bits per heavy atom. The van der Waals surface area contributed by atoms with Crippen molar-refractivity contribution in [3.8, 4) is 5.75 Å². The zero-order chi connectivity index (χ0) is 15.4. The molecule has 1 heterocycles. The van der Waals surface area contributed by atoms with Crippen molar-refractivity contribution >= 4 is 21.8 Å². The Morgan fingerprint density at radius 3 is 2.95 bits per heavy atom. The summed E-state index contributed by atoms with van der Waals surface area (Å²) in [5.41, 5.74) is 6.16. The summed E-state index contributed by atoms with van der Waals surface area (Å²) in [4.78, 5) is 4.17. The van der Waals surface area contributed by atoms with Gasteiger partial charge in [-0.15, -0.1) is 0 Å². The third-order valence-corrected chi connectivity index (χ3v) is 3.31. The average Bonchev–Trinajstić information content (AvgIpc) is 2.93. The number of aromatic nitrogens is 3. The molecule has 0 aliphatic rings. The van der Waals surface area contributed by atoms with Gasteiger partial charge in [0.1, 0.15) is 18.7 Å². The lowest BCUT2D eigenvalue weighted by Crippen LogP contribution is -2.16. The molecule has 0 aliphatic carbocycles. The van der Waals surface area contributed by atoms with E-state index in [9.17, 15) is 0 Å². The normalized spacial score (nSPS) is 11.9. The second kappa shape index (κ2) is 6.57. The lowest BCUT2D eigenvalue weighted by molar-refractivity contribution is 0.281. The molecule has 2 rings (SSSR count). The summed E-state index contributed by atoms with van der Waals surface area (Å²) in [5, 5.41) is 16.0. The van der Waals surface area contributed by atoms with Crippen LogP contribution in [0.4, 0.5) is 0 Å². The predicted molar refractivity (Wildman–Crippen MR) is 81.4 cm³/mol. The van der Waals surface area contributed by atoms with Crippen LogP contribution in [0.15, 0.2) is 34.2 Å². The number of hydrogen-bond donors (Lipinski definition) is 2. The highest BCUT2D eigenvalue weighted by Crippen LogP contribution is 2.24. The number of ether oxygens (including phenoxy) is 1. The van der Waals surface area contributed by atoms with E-state index in [4.69, 9.17) is 15.7 Å². The molecule has 1 aromatic carbocycles. The Labute approximate surface area is 130 Å². The van der Waals surface area contributed by atoms with Crippen LogP contribution in [0.1, 0.15) is 31.3 Å². The molecule has 112 valence electrons. The van der Waals surface area contributed by atoms with Crippen LogP contribution in [0.3, 0.4) is 0 Å². The van der Waals surface area contributed by atoms with Crippen LogP contribution in [0.5, 0.6) is 5.75 Å². The average molecular weight is 354 g/mol. The van der Waals surface area contributed by atoms with Crippen LogP contribution < -0.4 is 10.5 Å². The number of halogens is 1. The number of rotatable bonds is 5. The van der Waals surface area contributed by atoms with Crippen LogP contribution in [0, 0.1) is 0 Å². The fourth-order valence-corrected chi connectivity index (χ4v) is 2.19. The van der Waals surface area contributed by atoms with Gasteiger partial charge in [-0.1, -0.05) is 21.1 Å². The molecule has 0 bridgehead atoms. The topological polar surface area (TPSA) is 98.5 Å². The van der Waals surface area contributed by atoms with Gasteiger partial charge < -0.3 is 15.7 Å². The predicted octanol–water partition coefficient (Wildman–Crippen LogP) is 2.29. The minimum Gasteiger partial charge on any atom is -0.485 e. The second-order valence-electron chi connectivity index (χ2n) is 4.63. The van der Waals surface area contributed by atoms with E-state index in [0.717, 1.165) is 4.47 Å². The smallest absolute Gasteiger partial charge is 0.173 e. The lowest BCUT2D eigenvalue weighted by atomic mass is 10.2. The minimum atomic E-state index is -0.0170. The van der Waals surface area contributed by atoms with E-state index in [2.05, 4.69) is 31.2 Å². The minimum absolute atomic E-state index is 0.0170. The van der Waals surface area contributed by atoms with Crippen molar-refractivity contribution in [3.63, 3.8) is 0 Å². The second-order valence-corrected chi connectivity index (χ2v) is 5.54. The van der Waals surface area contributed by atoms with Crippen molar-refractivity contribution in [3.05, 3.63) is 40.4 Å². The van der Waals surface area contributed by atoms with E-state index in [-0.39, 0.29) is 18.5 Å². The van der Waals surface area contributed by atoms with E-state index in [0.29, 0.717) is 17.1 Å². The molecule has 8 heteroatoms. The SMILES string of the molecule is CC(C)n1ncnc1COc1ccc(Br)cc1/C(N)=N/O. The molecule has 0 spiro atoms. The number of amidine groups is 1. The van der Waals surface area contributed by atoms with Crippen LogP contribution in [0.25, 0.3) is 0 Å². The molecule has 21 heavy (non-hydrogen) atoms. The van der Waals surface area contributed by atoms with E-state index < -0.39 is 0 Å². The molecule has 0 fully saturated rings. The van der Waals surface area contributed by atoms with E-state index in [1.54, 1.807) is 16.8 Å². The molecule has 0 saturated heterocycles. The highest BCUT2D eigenvalue weighted by molar-refractivity contribution is 9.10. The fraction of sp³-hybridized carbons (Fsp3) is 0.308. The third kappa shape index (κ3) is 3.52. The van der Waals surface area contributed by atoms with Crippen molar-refractivity contribution < 1.29 is 9.94 Å². The third-order valence-electron chi connectivity index (χ3n) is 2.82. The van der Waals surface area contributed by atoms with Crippen LogP contribution in [-0.2, 0) is 6.61 Å². The summed E-state index contributed by atoms with van der Waals surface area (Å²) >= 11 is 3.34. The largest absolute Gasteiger partial charge is 0.485 e. The Bertz CT molecular complexity index is 654. The molecular formula is C13H16BrN5O2. The van der Waals surface area contributed by atoms with Gasteiger partial charge in [0.2, 0.25) is 0 Å². The Kier molecular flexibility index (Phi) is 4.79. The Hall–Kier alpha value is -2.09. The molecule has 2 aromatic rings. The summed E-state index contributed by atoms with van der Waals surface area (Å²) in [5.74, 6) is 1.20. The molecule has 0 aliphatic heterocycles. The van der Waals surface area contributed by atoms with Crippen molar-refractivity contribution in [2.24, 2.45) is 10.9 Å². The molecular weight excluding hydrogens is 338 g/mol. The summed E-state index contributed by atoms with van der Waals surface area (Å²) < 4.78 is 8.32. The van der Waals surface area contributed by atoms with Gasteiger partial charge in [-0.05, 0) is 32.0 Å². The quantitative estimate of drug-likeness (QED) is 0.372. The molecule has 0 radical (unpaired) electrons. The molecule has 0 amide bonds. The molecule has 0 atom stereocenters. The molecule has 3 N–H and O–H groups in total. The summed E-state index contributed by atoms with van der Waals surface area (Å²) in [7, 11) is 0. The molecule has 0 unspecified atom stereocenters. The summed E-state index contributed by atoms with van der Waals surface area (Å²) in [6, 6.07) is 5.47. The maximum atomic E-state index is 8.84. The summed E-state index contributed by atoms with van der Waals surface area (Å²) in [6.07, 6.45) is 1.49. The number of benzene rings is 1. The first-order valence-corrected chi connectivity index (χ1v) is 7.11. The van der Waals surface area contributed by atoms with E-state index in [1.807, 2.05) is 19.9 Å². The van der Waals surface area contributed by atoms with Crippen molar-refractivity contribution in [1.29, 1.82) is 0 Å². The Morgan fingerprint density at radius 1 is 1.52 bits per heavy atom. The van der Waals surface area contributed by atoms with Crippen molar-refractivity contribution in [2.75, 3.05) is 0 Å². The number of hydrogen-bond acceptors (Lipinski definition) is 5. The summed E-state index contributed by atoms with van der Waals surface area (Å²) in [6.45, 7) is 4.27. The van der Waals surface area contributed by atoms with Crippen molar-refractivity contribution in [2.45, 2.75) is 26.5 Å². The first kappa shape index (κ1) is 15.3. The maximum Gasteiger partial charge on any atom is 0.173 e. The standard InChI is InChI=1S/C13H16BrN5O2/c1-8(2)19-12(16-7-17-19)6-21-11-4-3-9(14)5-10(11)13(15)18-20/h3-5,7-8,20H,6H2,1-2H3,(H2,15,18). The van der Waals surface area contributed by atoms with Gasteiger partial charge in [0.15, 0.2) is 11.7 Å². The van der Waals surface area contributed by atoms with Gasteiger partial charge in [-0.25, -0.2) is 9.67 Å². The van der Waals surface area contributed by atoms with E-state index >= 15 is 0 Å². The van der Waals surface area contributed by atoms with Gasteiger partial charge in [0.25, 0.3) is 0 Å². The monoisotopic (exact) mass is 353 g/mol. The molecule has 1 aromatic heterocycles. The van der Waals surface area contributed by atoms with Crippen molar-refractivity contribution in [1.82, 2.24) is 14.8 Å². The Balaban J connectivity index is 2.22. The van der Waals surface area contributed by atoms with Gasteiger partial charge >= 0.3 is 0 Å². The zero-order valence-corrected chi connectivity index (χ0v) is 13.3. The lowest BCUT2D eigenvalue weighted by Gasteiger charge is -2.13. The first-order valence-electron chi connectivity index (χ1n) is 6.31. The first-order chi connectivity index (χ1) is 10.0. The number of nitrogens with two attached hydrogens (primary N) is 1. The van der Waals surface area contributed by atoms with Gasteiger partial charge in [-0.3, -0.25) is 0 Å². The van der Waals surface area contributed by atoms with Gasteiger partial charge in [0, 0.05) is 10.5 Å². The zero-order valence-electron chi connectivity index (χ0n) is 11.7. The van der Waals surface area contributed by atoms with Crippen LogP contribution in [-0.4, -0.2) is 25.8 Å². The number of nitrogens with zero attached hydrogens (tertiary/aromatic N) is 4. The van der Waals surface area contributed by atoms with Gasteiger partial charge in [-0.2, -0.15) is 5.10 Å². The molecule has 0 saturated carbocycles. The fourth-order valence-electron chi connectivity index (χ4n) is 1.83. The number of oxime groups is 1. The maximum absolute atomic E-state index is 8.84. The van der Waals surface area contributed by atoms with Gasteiger partial charge in [0.05, 0.1) is 5.56 Å². The van der Waals surface area contributed by atoms with Crippen LogP contribution >= 0.6 is 15.9 Å². The molecule has 7 nitrogen and oxygen atoms in total. The highest BCUT2D eigenvalue weighted by atomic mass is 79.9. The van der Waals surface area contributed by atoms with E-state index in [1.165, 1.54) is 6.33 Å². The van der Waals surface area contributed by atoms with Crippen LogP contribution in [0.2, 0.25) is 0 Å².